The Kier molecular flexibility index (Phi) is 5.47. The van der Waals surface area contributed by atoms with Crippen LogP contribution in [0.25, 0.3) is 5.65 Å². The van der Waals surface area contributed by atoms with Gasteiger partial charge in [0.2, 0.25) is 0 Å². The molecule has 0 radical (unpaired) electrons. The first-order valence-corrected chi connectivity index (χ1v) is 9.76. The summed E-state index contributed by atoms with van der Waals surface area (Å²) >= 11 is 0. The van der Waals surface area contributed by atoms with Crippen LogP contribution in [0.15, 0.2) is 64.6 Å². The highest BCUT2D eigenvalue weighted by Gasteiger charge is 2.13. The van der Waals surface area contributed by atoms with E-state index in [1.165, 1.54) is 0 Å². The van der Waals surface area contributed by atoms with E-state index in [9.17, 15) is 8.42 Å². The summed E-state index contributed by atoms with van der Waals surface area (Å²) in [6, 6.07) is 14.1. The molecule has 2 N–H and O–H groups in total. The number of rotatable bonds is 6. The summed E-state index contributed by atoms with van der Waals surface area (Å²) in [6.45, 7) is 0.660. The number of nitrogens with zero attached hydrogens (tertiary/aromatic N) is 4. The Hall–Kier alpha value is -2.94. The number of nitrogens with one attached hydrogen (secondary N) is 2. The summed E-state index contributed by atoms with van der Waals surface area (Å²) in [6.07, 6.45) is 1.88. The highest BCUT2D eigenvalue weighted by atomic mass is 32.2. The molecule has 2 aromatic heterocycles. The first-order chi connectivity index (χ1) is 12.6. The Balaban J connectivity index is 1.54. The zero-order chi connectivity index (χ0) is 18.4. The second kappa shape index (κ2) is 7.96. The third-order valence-corrected chi connectivity index (χ3v) is 5.52. The molecule has 0 saturated heterocycles. The van der Waals surface area contributed by atoms with Crippen molar-refractivity contribution in [3.05, 3.63) is 60.6 Å². The minimum absolute atomic E-state index is 0.0222. The lowest BCUT2D eigenvalue weighted by Gasteiger charge is -2.11. The molecule has 0 saturated carbocycles. The Morgan fingerprint density at radius 3 is 2.62 bits per heavy atom. The van der Waals surface area contributed by atoms with Gasteiger partial charge in [-0.2, -0.15) is 0 Å². The van der Waals surface area contributed by atoms with Crippen LogP contribution in [0.3, 0.4) is 0 Å². The number of hydrogen-bond donors (Lipinski definition) is 2. The number of aromatic nitrogens is 3. The van der Waals surface area contributed by atoms with Gasteiger partial charge in [-0.1, -0.05) is 24.3 Å². The minimum Gasteiger partial charge on any atom is -0.355 e. The average Bonchev–Trinajstić information content (AvgIpc) is 3.08. The molecule has 0 atom stereocenters. The van der Waals surface area contributed by atoms with E-state index >= 15 is 0 Å². The summed E-state index contributed by atoms with van der Waals surface area (Å²) in [5.74, 6) is 1.22. The maximum Gasteiger partial charge on any atom is 0.191 e. The number of pyridine rings is 1. The van der Waals surface area contributed by atoms with Crippen molar-refractivity contribution in [2.45, 2.75) is 11.4 Å². The van der Waals surface area contributed by atoms with Crippen LogP contribution < -0.4 is 10.6 Å². The number of fused-ring (bicyclic) bond motifs is 1. The summed E-state index contributed by atoms with van der Waals surface area (Å²) in [4.78, 5) is 4.42. The van der Waals surface area contributed by atoms with E-state index < -0.39 is 9.84 Å². The third-order valence-electron chi connectivity index (χ3n) is 3.79. The first-order valence-electron chi connectivity index (χ1n) is 8.11. The zero-order valence-electron chi connectivity index (χ0n) is 14.3. The van der Waals surface area contributed by atoms with Crippen LogP contribution in [0.1, 0.15) is 5.82 Å². The molecule has 26 heavy (non-hydrogen) atoms. The van der Waals surface area contributed by atoms with E-state index in [0.717, 1.165) is 11.5 Å². The number of guanidine groups is 1. The molecule has 136 valence electrons. The lowest BCUT2D eigenvalue weighted by Crippen LogP contribution is -2.39. The lowest BCUT2D eigenvalue weighted by atomic mass is 10.4. The number of benzene rings is 1. The number of aliphatic imine (C=N–C) groups is 1. The third kappa shape index (κ3) is 4.17. The van der Waals surface area contributed by atoms with Gasteiger partial charge in [-0.05, 0) is 24.3 Å². The molecular weight excluding hydrogens is 352 g/mol. The van der Waals surface area contributed by atoms with Crippen LogP contribution in [0.5, 0.6) is 0 Å². The van der Waals surface area contributed by atoms with Gasteiger partial charge in [0.1, 0.15) is 0 Å². The molecule has 0 amide bonds. The Morgan fingerprint density at radius 1 is 1.08 bits per heavy atom. The average molecular weight is 372 g/mol. The predicted molar refractivity (Wildman–Crippen MR) is 99.7 cm³/mol. The van der Waals surface area contributed by atoms with Gasteiger partial charge in [0, 0.05) is 19.8 Å². The fourth-order valence-electron chi connectivity index (χ4n) is 2.44. The van der Waals surface area contributed by atoms with Crippen molar-refractivity contribution in [2.75, 3.05) is 19.3 Å². The molecule has 9 heteroatoms. The van der Waals surface area contributed by atoms with E-state index in [2.05, 4.69) is 25.8 Å². The standard InChI is InChI=1S/C17H20N6O2S/c1-18-17(19-10-12-26(24,25)14-7-3-2-4-8-14)20-13-16-22-21-15-9-5-6-11-23(15)16/h2-9,11H,10,12-13H2,1H3,(H2,18,19,20). The van der Waals surface area contributed by atoms with Crippen LogP contribution >= 0.6 is 0 Å². The van der Waals surface area contributed by atoms with Crippen molar-refractivity contribution < 1.29 is 8.42 Å². The molecular formula is C17H20N6O2S. The van der Waals surface area contributed by atoms with Gasteiger partial charge in [0.05, 0.1) is 17.2 Å². The van der Waals surface area contributed by atoms with Crippen molar-refractivity contribution in [3.8, 4) is 0 Å². The monoisotopic (exact) mass is 372 g/mol. The molecule has 0 unspecified atom stereocenters. The van der Waals surface area contributed by atoms with E-state index in [-0.39, 0.29) is 12.3 Å². The largest absolute Gasteiger partial charge is 0.355 e. The summed E-state index contributed by atoms with van der Waals surface area (Å²) in [5, 5.41) is 14.3. The summed E-state index contributed by atoms with van der Waals surface area (Å²) in [5.41, 5.74) is 0.765. The summed E-state index contributed by atoms with van der Waals surface area (Å²) in [7, 11) is -1.69. The molecule has 0 aliphatic carbocycles. The molecule has 0 spiro atoms. The van der Waals surface area contributed by atoms with Gasteiger partial charge in [-0.25, -0.2) is 8.42 Å². The van der Waals surface area contributed by atoms with Gasteiger partial charge >= 0.3 is 0 Å². The second-order valence-electron chi connectivity index (χ2n) is 5.53. The summed E-state index contributed by atoms with van der Waals surface area (Å²) < 4.78 is 26.4. The van der Waals surface area contributed by atoms with Crippen LogP contribution in [0, 0.1) is 0 Å². The van der Waals surface area contributed by atoms with Crippen LogP contribution in [0.2, 0.25) is 0 Å². The van der Waals surface area contributed by atoms with Crippen LogP contribution in [-0.4, -0.2) is 48.3 Å². The minimum atomic E-state index is -3.32. The van der Waals surface area contributed by atoms with Crippen LogP contribution in [-0.2, 0) is 16.4 Å². The molecule has 0 aliphatic rings. The van der Waals surface area contributed by atoms with Crippen molar-refractivity contribution in [3.63, 3.8) is 0 Å². The highest BCUT2D eigenvalue weighted by molar-refractivity contribution is 7.91. The molecule has 1 aromatic carbocycles. The van der Waals surface area contributed by atoms with Crippen molar-refractivity contribution in [2.24, 2.45) is 4.99 Å². The van der Waals surface area contributed by atoms with Gasteiger partial charge in [-0.3, -0.25) is 9.39 Å². The van der Waals surface area contributed by atoms with Crippen molar-refractivity contribution >= 4 is 21.4 Å². The molecule has 0 aliphatic heterocycles. The normalized spacial score (nSPS) is 12.3. The maximum atomic E-state index is 12.3. The predicted octanol–water partition coefficient (Wildman–Crippen LogP) is 0.868. The molecule has 0 bridgehead atoms. The Labute approximate surface area is 151 Å². The lowest BCUT2D eigenvalue weighted by molar-refractivity contribution is 0.594. The number of sulfone groups is 1. The van der Waals surface area contributed by atoms with Crippen LogP contribution in [0.4, 0.5) is 0 Å². The molecule has 3 aromatic rings. The molecule has 2 heterocycles. The van der Waals surface area contributed by atoms with Gasteiger partial charge in [-0.15, -0.1) is 10.2 Å². The van der Waals surface area contributed by atoms with E-state index in [1.807, 2.05) is 28.8 Å². The topological polar surface area (TPSA) is 101 Å². The SMILES string of the molecule is CN=C(NCCS(=O)(=O)c1ccccc1)NCc1nnc2ccccn12. The zero-order valence-corrected chi connectivity index (χ0v) is 15.1. The van der Waals surface area contributed by atoms with Crippen molar-refractivity contribution in [1.29, 1.82) is 0 Å². The Bertz CT molecular complexity index is 998. The van der Waals surface area contributed by atoms with E-state index in [0.29, 0.717) is 17.4 Å². The molecule has 8 nitrogen and oxygen atoms in total. The maximum absolute atomic E-state index is 12.3. The van der Waals surface area contributed by atoms with Gasteiger partial charge in [0.25, 0.3) is 0 Å². The van der Waals surface area contributed by atoms with E-state index in [1.54, 1.807) is 37.4 Å². The molecule has 0 fully saturated rings. The fraction of sp³-hybridized carbons (Fsp3) is 0.235. The second-order valence-corrected chi connectivity index (χ2v) is 7.64. The van der Waals surface area contributed by atoms with E-state index in [4.69, 9.17) is 0 Å². The highest BCUT2D eigenvalue weighted by Crippen LogP contribution is 2.09. The van der Waals surface area contributed by atoms with Crippen molar-refractivity contribution in [1.82, 2.24) is 25.2 Å². The quantitative estimate of drug-likeness (QED) is 0.492. The molecule has 3 rings (SSSR count). The smallest absolute Gasteiger partial charge is 0.191 e. The first kappa shape index (κ1) is 17.9. The van der Waals surface area contributed by atoms with Gasteiger partial charge in [0.15, 0.2) is 27.3 Å². The Morgan fingerprint density at radius 2 is 1.85 bits per heavy atom. The van der Waals surface area contributed by atoms with Gasteiger partial charge < -0.3 is 10.6 Å². The fourth-order valence-corrected chi connectivity index (χ4v) is 3.62. The number of hydrogen-bond acceptors (Lipinski definition) is 5.